The van der Waals surface area contributed by atoms with Crippen molar-refractivity contribution in [2.75, 3.05) is 11.5 Å². The van der Waals surface area contributed by atoms with Crippen LogP contribution in [0.1, 0.15) is 20.3 Å². The van der Waals surface area contributed by atoms with Crippen LogP contribution < -0.4 is 0 Å². The van der Waals surface area contributed by atoms with Crippen LogP contribution in [0.15, 0.2) is 0 Å². The van der Waals surface area contributed by atoms with E-state index in [0.29, 0.717) is 0 Å². The first kappa shape index (κ1) is 9.22. The zero-order valence-electron chi connectivity index (χ0n) is 5.35. The maximum absolute atomic E-state index is 2.24. The van der Waals surface area contributed by atoms with Gasteiger partial charge in [0.2, 0.25) is 0 Å². The molecule has 0 aliphatic carbocycles. The normalized spacial score (nSPS) is 9.75. The molecule has 0 unspecified atom stereocenters. The Labute approximate surface area is 64.9 Å². The summed E-state index contributed by atoms with van der Waals surface area (Å²) in [5.74, 6) is 2.64. The molecule has 0 amide bonds. The molecular formula is C5H12S2Se. The molecule has 0 atom stereocenters. The minimum atomic E-state index is 0.810. The molecule has 3 heteroatoms. The average Bonchev–Trinajstić information content (AvgIpc) is 1.81. The van der Waals surface area contributed by atoms with Gasteiger partial charge in [0.25, 0.3) is 0 Å². The topological polar surface area (TPSA) is 0 Å². The number of rotatable bonds is 5. The molecule has 0 aromatic rings. The Balaban J connectivity index is 2.53. The van der Waals surface area contributed by atoms with Crippen molar-refractivity contribution in [2.45, 2.75) is 20.3 Å². The van der Waals surface area contributed by atoms with Crippen LogP contribution >= 0.6 is 20.4 Å². The monoisotopic (exact) mass is 216 g/mol. The van der Waals surface area contributed by atoms with Crippen LogP contribution in [0.2, 0.25) is 0 Å². The van der Waals surface area contributed by atoms with E-state index in [1.54, 1.807) is 0 Å². The van der Waals surface area contributed by atoms with Gasteiger partial charge in [0, 0.05) is 0 Å². The van der Waals surface area contributed by atoms with E-state index >= 15 is 0 Å². The van der Waals surface area contributed by atoms with Gasteiger partial charge in [-0.1, -0.05) is 0 Å². The predicted molar refractivity (Wildman–Crippen MR) is 46.6 cm³/mol. The van der Waals surface area contributed by atoms with Crippen LogP contribution in [-0.4, -0.2) is 24.2 Å². The van der Waals surface area contributed by atoms with E-state index in [1.807, 2.05) is 0 Å². The zero-order valence-corrected chi connectivity index (χ0v) is 8.69. The third-order valence-electron chi connectivity index (χ3n) is 0.502. The Bertz CT molecular complexity index is 35.4. The van der Waals surface area contributed by atoms with Crippen LogP contribution in [0.4, 0.5) is 0 Å². The van der Waals surface area contributed by atoms with Gasteiger partial charge >= 0.3 is 64.8 Å². The second kappa shape index (κ2) is 8.22. The first-order valence-electron chi connectivity index (χ1n) is 2.82. The summed E-state index contributed by atoms with van der Waals surface area (Å²) in [6.45, 7) is 4.46. The summed E-state index contributed by atoms with van der Waals surface area (Å²) < 4.78 is 0. The Kier molecular flexibility index (Phi) is 9.47. The predicted octanol–water partition coefficient (Wildman–Crippen LogP) is 2.42. The van der Waals surface area contributed by atoms with Gasteiger partial charge < -0.3 is 0 Å². The summed E-state index contributed by atoms with van der Waals surface area (Å²) in [4.78, 5) is 0. The molecule has 0 bridgehead atoms. The fraction of sp³-hybridized carbons (Fsp3) is 1.00. The van der Waals surface area contributed by atoms with E-state index in [0.717, 1.165) is 12.7 Å². The van der Waals surface area contributed by atoms with E-state index in [4.69, 9.17) is 0 Å². The molecule has 0 saturated heterocycles. The SMILES string of the molecule is CCCS[Se]SCC. The van der Waals surface area contributed by atoms with Gasteiger partial charge in [0.1, 0.15) is 0 Å². The Morgan fingerprint density at radius 2 is 2.00 bits per heavy atom. The number of hydrogen-bond acceptors (Lipinski definition) is 2. The zero-order chi connectivity index (χ0) is 6.24. The van der Waals surface area contributed by atoms with Crippen LogP contribution in [0.5, 0.6) is 0 Å². The molecule has 8 heavy (non-hydrogen) atoms. The summed E-state index contributed by atoms with van der Waals surface area (Å²) in [5.41, 5.74) is 0. The second-order valence-electron chi connectivity index (χ2n) is 1.30. The molecule has 0 aromatic heterocycles. The van der Waals surface area contributed by atoms with Gasteiger partial charge in [0.15, 0.2) is 0 Å². The van der Waals surface area contributed by atoms with Crippen molar-refractivity contribution >= 4 is 33.1 Å². The fourth-order valence-corrected chi connectivity index (χ4v) is 6.73. The van der Waals surface area contributed by atoms with E-state index in [1.165, 1.54) is 17.9 Å². The van der Waals surface area contributed by atoms with Crippen LogP contribution in [0.3, 0.4) is 0 Å². The van der Waals surface area contributed by atoms with E-state index in [-0.39, 0.29) is 0 Å². The molecule has 0 saturated carbocycles. The Morgan fingerprint density at radius 1 is 1.25 bits per heavy atom. The standard InChI is InChI=1S/C5H12S2Se/c1-3-5-7-8-6-4-2/h3-5H2,1-2H3. The average molecular weight is 215 g/mol. The van der Waals surface area contributed by atoms with Gasteiger partial charge in [-0.25, -0.2) is 0 Å². The molecule has 0 aromatic carbocycles. The van der Waals surface area contributed by atoms with E-state index in [2.05, 4.69) is 34.2 Å². The quantitative estimate of drug-likeness (QED) is 0.510. The van der Waals surface area contributed by atoms with Gasteiger partial charge in [-0.2, -0.15) is 0 Å². The van der Waals surface area contributed by atoms with Crippen molar-refractivity contribution in [3.05, 3.63) is 0 Å². The molecule has 0 nitrogen and oxygen atoms in total. The van der Waals surface area contributed by atoms with E-state index in [9.17, 15) is 0 Å². The number of hydrogen-bond donors (Lipinski definition) is 0. The maximum atomic E-state index is 2.24. The third kappa shape index (κ3) is 7.22. The van der Waals surface area contributed by atoms with Crippen molar-refractivity contribution in [1.29, 1.82) is 0 Å². The Hall–Kier alpha value is 1.22. The third-order valence-corrected chi connectivity index (χ3v) is 8.25. The summed E-state index contributed by atoms with van der Waals surface area (Å²) in [6.07, 6.45) is 1.33. The van der Waals surface area contributed by atoms with Crippen LogP contribution in [0, 0.1) is 0 Å². The Morgan fingerprint density at radius 3 is 2.50 bits per heavy atom. The summed E-state index contributed by atoms with van der Waals surface area (Å²) in [6, 6.07) is 0. The van der Waals surface area contributed by atoms with Crippen molar-refractivity contribution in [3.8, 4) is 0 Å². The van der Waals surface area contributed by atoms with Crippen molar-refractivity contribution < 1.29 is 0 Å². The molecule has 0 aliphatic rings. The first-order valence-corrected chi connectivity index (χ1v) is 8.84. The summed E-state index contributed by atoms with van der Waals surface area (Å²) >= 11 is 0.810. The molecule has 0 fully saturated rings. The molecule has 0 rings (SSSR count). The van der Waals surface area contributed by atoms with Gasteiger partial charge in [0.05, 0.1) is 0 Å². The van der Waals surface area contributed by atoms with Gasteiger partial charge in [-0.15, -0.1) is 0 Å². The van der Waals surface area contributed by atoms with Crippen LogP contribution in [0.25, 0.3) is 0 Å². The van der Waals surface area contributed by atoms with Crippen LogP contribution in [-0.2, 0) is 0 Å². The first-order chi connectivity index (χ1) is 3.91. The second-order valence-corrected chi connectivity index (χ2v) is 8.83. The molecule has 0 spiro atoms. The molecular weight excluding hydrogens is 203 g/mol. The van der Waals surface area contributed by atoms with Crippen molar-refractivity contribution in [2.24, 2.45) is 0 Å². The van der Waals surface area contributed by atoms with Gasteiger partial charge in [-0.3, -0.25) is 0 Å². The van der Waals surface area contributed by atoms with Crippen molar-refractivity contribution in [3.63, 3.8) is 0 Å². The molecule has 0 N–H and O–H groups in total. The van der Waals surface area contributed by atoms with E-state index < -0.39 is 0 Å². The molecule has 0 aliphatic heterocycles. The fourth-order valence-electron chi connectivity index (χ4n) is 0.199. The molecule has 0 heterocycles. The minimum absolute atomic E-state index is 0.810. The van der Waals surface area contributed by atoms with Crippen molar-refractivity contribution in [1.82, 2.24) is 0 Å². The summed E-state index contributed by atoms with van der Waals surface area (Å²) in [7, 11) is 4.18. The summed E-state index contributed by atoms with van der Waals surface area (Å²) in [5, 5.41) is 0. The van der Waals surface area contributed by atoms with Gasteiger partial charge in [-0.05, 0) is 0 Å². The molecule has 50 valence electrons. The molecule has 0 radical (unpaired) electrons.